The van der Waals surface area contributed by atoms with Crippen LogP contribution in [0.15, 0.2) is 0 Å². The van der Waals surface area contributed by atoms with Crippen LogP contribution in [0, 0.1) is 11.8 Å². The van der Waals surface area contributed by atoms with Gasteiger partial charge in [-0.25, -0.2) is 0 Å². The van der Waals surface area contributed by atoms with E-state index in [4.69, 9.17) is 9.84 Å². The summed E-state index contributed by atoms with van der Waals surface area (Å²) < 4.78 is 7.48. The van der Waals surface area contributed by atoms with E-state index in [9.17, 15) is 4.79 Å². The van der Waals surface area contributed by atoms with Crippen LogP contribution in [0.25, 0.3) is 0 Å². The van der Waals surface area contributed by atoms with Crippen LogP contribution in [0.5, 0.6) is 0 Å². The highest BCUT2D eigenvalue weighted by molar-refractivity contribution is 5.70. The van der Waals surface area contributed by atoms with E-state index in [1.54, 1.807) is 0 Å². The zero-order valence-corrected chi connectivity index (χ0v) is 10.9. The van der Waals surface area contributed by atoms with E-state index in [-0.39, 0.29) is 5.92 Å². The van der Waals surface area contributed by atoms with Crippen LogP contribution in [-0.4, -0.2) is 39.1 Å². The summed E-state index contributed by atoms with van der Waals surface area (Å²) >= 11 is 0. The predicted molar refractivity (Wildman–Crippen MR) is 66.7 cm³/mol. The Kier molecular flexibility index (Phi) is 3.50. The van der Waals surface area contributed by atoms with E-state index in [0.29, 0.717) is 18.8 Å². The van der Waals surface area contributed by atoms with Gasteiger partial charge in [-0.2, -0.15) is 0 Å². The Labute approximate surface area is 111 Å². The molecule has 1 aromatic rings. The van der Waals surface area contributed by atoms with Gasteiger partial charge < -0.3 is 14.4 Å². The van der Waals surface area contributed by atoms with E-state index in [1.807, 2.05) is 0 Å². The summed E-state index contributed by atoms with van der Waals surface area (Å²) in [6.07, 6.45) is 4.30. The minimum Gasteiger partial charge on any atom is -0.481 e. The number of rotatable bonds is 3. The monoisotopic (exact) mass is 265 g/mol. The average molecular weight is 265 g/mol. The lowest BCUT2D eigenvalue weighted by atomic mass is 9.95. The number of aliphatic carboxylic acids is 1. The van der Waals surface area contributed by atoms with Gasteiger partial charge in [-0.3, -0.25) is 4.79 Å². The molecular formula is C13H19N3O3. The minimum absolute atomic E-state index is 0.298. The van der Waals surface area contributed by atoms with Crippen molar-refractivity contribution in [3.8, 4) is 0 Å². The second kappa shape index (κ2) is 5.28. The molecule has 0 radical (unpaired) electrons. The molecule has 1 saturated heterocycles. The highest BCUT2D eigenvalue weighted by Crippen LogP contribution is 2.24. The summed E-state index contributed by atoms with van der Waals surface area (Å²) in [4.78, 5) is 11.0. The SMILES string of the molecule is O=C(O)C1CCn2c(CC3CCOCC3)nnc2C1. The molecule has 1 fully saturated rings. The minimum atomic E-state index is -0.722. The van der Waals surface area contributed by atoms with Crippen LogP contribution >= 0.6 is 0 Å². The Morgan fingerprint density at radius 1 is 1.32 bits per heavy atom. The van der Waals surface area contributed by atoms with E-state index >= 15 is 0 Å². The van der Waals surface area contributed by atoms with Gasteiger partial charge in [-0.15, -0.1) is 10.2 Å². The number of carbonyl (C=O) groups is 1. The molecule has 0 bridgehead atoms. The van der Waals surface area contributed by atoms with Crippen molar-refractivity contribution in [3.63, 3.8) is 0 Å². The van der Waals surface area contributed by atoms with Crippen LogP contribution in [-0.2, 0) is 28.9 Å². The standard InChI is InChI=1S/C13H19N3O3/c17-13(18)10-1-4-16-11(14-15-12(16)8-10)7-9-2-5-19-6-3-9/h9-10H,1-8H2,(H,17,18). The smallest absolute Gasteiger partial charge is 0.307 e. The third-order valence-corrected chi connectivity index (χ3v) is 4.20. The summed E-state index contributed by atoms with van der Waals surface area (Å²) in [6.45, 7) is 2.41. The van der Waals surface area contributed by atoms with Crippen molar-refractivity contribution in [2.45, 2.75) is 38.6 Å². The Hall–Kier alpha value is -1.43. The maximum absolute atomic E-state index is 11.0. The molecule has 1 aromatic heterocycles. The zero-order valence-electron chi connectivity index (χ0n) is 10.9. The van der Waals surface area contributed by atoms with Crippen molar-refractivity contribution in [1.29, 1.82) is 0 Å². The molecule has 2 aliphatic rings. The molecule has 2 aliphatic heterocycles. The van der Waals surface area contributed by atoms with E-state index in [0.717, 1.165) is 50.7 Å². The third-order valence-electron chi connectivity index (χ3n) is 4.20. The van der Waals surface area contributed by atoms with E-state index < -0.39 is 5.97 Å². The van der Waals surface area contributed by atoms with Gasteiger partial charge in [0.25, 0.3) is 0 Å². The van der Waals surface area contributed by atoms with Crippen LogP contribution in [0.3, 0.4) is 0 Å². The van der Waals surface area contributed by atoms with Crippen molar-refractivity contribution in [1.82, 2.24) is 14.8 Å². The summed E-state index contributed by atoms with van der Waals surface area (Å²) in [7, 11) is 0. The molecule has 19 heavy (non-hydrogen) atoms. The maximum Gasteiger partial charge on any atom is 0.307 e. The summed E-state index contributed by atoms with van der Waals surface area (Å²) in [5.41, 5.74) is 0. The Morgan fingerprint density at radius 3 is 2.84 bits per heavy atom. The number of hydrogen-bond donors (Lipinski definition) is 1. The number of aromatic nitrogens is 3. The lowest BCUT2D eigenvalue weighted by Gasteiger charge is -2.24. The normalized spacial score (nSPS) is 24.1. The first kappa shape index (κ1) is 12.6. The van der Waals surface area contributed by atoms with Gasteiger partial charge in [0, 0.05) is 32.6 Å². The molecule has 0 aromatic carbocycles. The lowest BCUT2D eigenvalue weighted by molar-refractivity contribution is -0.142. The molecular weight excluding hydrogens is 246 g/mol. The van der Waals surface area contributed by atoms with Crippen LogP contribution in [0.4, 0.5) is 0 Å². The molecule has 1 unspecified atom stereocenters. The number of carboxylic acid groups (broad SMARTS) is 1. The Balaban J connectivity index is 1.70. The molecule has 3 rings (SSSR count). The van der Waals surface area contributed by atoms with Crippen LogP contribution in [0.2, 0.25) is 0 Å². The summed E-state index contributed by atoms with van der Waals surface area (Å²) in [6, 6.07) is 0. The summed E-state index contributed by atoms with van der Waals surface area (Å²) in [5, 5.41) is 17.5. The van der Waals surface area contributed by atoms with Crippen molar-refractivity contribution in [2.24, 2.45) is 11.8 Å². The zero-order chi connectivity index (χ0) is 13.2. The fourth-order valence-corrected chi connectivity index (χ4v) is 2.96. The molecule has 1 N–H and O–H groups in total. The van der Waals surface area contributed by atoms with Gasteiger partial charge in [0.2, 0.25) is 0 Å². The third kappa shape index (κ3) is 2.63. The van der Waals surface area contributed by atoms with Gasteiger partial charge in [-0.1, -0.05) is 0 Å². The van der Waals surface area contributed by atoms with Gasteiger partial charge in [0.1, 0.15) is 11.6 Å². The topological polar surface area (TPSA) is 77.2 Å². The Morgan fingerprint density at radius 2 is 2.11 bits per heavy atom. The van der Waals surface area contributed by atoms with E-state index in [1.165, 1.54) is 0 Å². The second-order valence-corrected chi connectivity index (χ2v) is 5.47. The quantitative estimate of drug-likeness (QED) is 0.878. The molecule has 1 atom stereocenters. The fourth-order valence-electron chi connectivity index (χ4n) is 2.96. The number of hydrogen-bond acceptors (Lipinski definition) is 4. The van der Waals surface area contributed by atoms with Gasteiger partial charge in [0.05, 0.1) is 5.92 Å². The molecule has 6 heteroatoms. The first-order valence-corrected chi connectivity index (χ1v) is 6.95. The van der Waals surface area contributed by atoms with Crippen molar-refractivity contribution >= 4 is 5.97 Å². The van der Waals surface area contributed by atoms with Gasteiger partial charge in [-0.05, 0) is 25.2 Å². The molecule has 0 spiro atoms. The van der Waals surface area contributed by atoms with Crippen LogP contribution in [0.1, 0.15) is 30.9 Å². The number of nitrogens with zero attached hydrogens (tertiary/aromatic N) is 3. The van der Waals surface area contributed by atoms with Gasteiger partial charge in [0.15, 0.2) is 0 Å². The highest BCUT2D eigenvalue weighted by atomic mass is 16.5. The van der Waals surface area contributed by atoms with Crippen molar-refractivity contribution in [2.75, 3.05) is 13.2 Å². The van der Waals surface area contributed by atoms with Crippen molar-refractivity contribution < 1.29 is 14.6 Å². The molecule has 104 valence electrons. The fraction of sp³-hybridized carbons (Fsp3) is 0.769. The second-order valence-electron chi connectivity index (χ2n) is 5.47. The first-order valence-electron chi connectivity index (χ1n) is 6.95. The largest absolute Gasteiger partial charge is 0.481 e. The first-order chi connectivity index (χ1) is 9.24. The Bertz CT molecular complexity index is 466. The average Bonchev–Trinajstić information content (AvgIpc) is 2.82. The highest BCUT2D eigenvalue weighted by Gasteiger charge is 2.28. The molecule has 0 aliphatic carbocycles. The molecule has 6 nitrogen and oxygen atoms in total. The lowest BCUT2D eigenvalue weighted by Crippen LogP contribution is -2.27. The van der Waals surface area contributed by atoms with Gasteiger partial charge >= 0.3 is 5.97 Å². The number of ether oxygens (including phenoxy) is 1. The molecule has 0 saturated carbocycles. The molecule has 0 amide bonds. The number of fused-ring (bicyclic) bond motifs is 1. The summed E-state index contributed by atoms with van der Waals surface area (Å²) in [5.74, 6) is 1.46. The van der Waals surface area contributed by atoms with Crippen molar-refractivity contribution in [3.05, 3.63) is 11.6 Å². The number of carboxylic acids is 1. The van der Waals surface area contributed by atoms with E-state index in [2.05, 4.69) is 14.8 Å². The van der Waals surface area contributed by atoms with Crippen LogP contribution < -0.4 is 0 Å². The maximum atomic E-state index is 11.0. The molecule has 3 heterocycles. The predicted octanol–water partition coefficient (Wildman–Crippen LogP) is 0.894.